The van der Waals surface area contributed by atoms with Crippen LogP contribution in [-0.4, -0.2) is 47.6 Å². The Kier molecular flexibility index (Phi) is 6.72. The second-order valence-corrected chi connectivity index (χ2v) is 4.30. The summed E-state index contributed by atoms with van der Waals surface area (Å²) in [4.78, 5) is 23.7. The molecule has 0 fully saturated rings. The van der Waals surface area contributed by atoms with Gasteiger partial charge < -0.3 is 10.4 Å². The summed E-state index contributed by atoms with van der Waals surface area (Å²) in [6, 6.07) is 0.107. The van der Waals surface area contributed by atoms with Crippen molar-refractivity contribution < 1.29 is 14.7 Å². The number of rotatable bonds is 7. The van der Waals surface area contributed by atoms with Crippen molar-refractivity contribution in [3.63, 3.8) is 0 Å². The number of carbonyl (C=O) groups is 2. The van der Waals surface area contributed by atoms with Crippen LogP contribution in [0.4, 0.5) is 0 Å². The molecule has 0 aromatic carbocycles. The highest BCUT2D eigenvalue weighted by atomic mass is 16.4. The molecular weight excluding hydrogens is 208 g/mol. The quantitative estimate of drug-likeness (QED) is 0.670. The van der Waals surface area contributed by atoms with Gasteiger partial charge in [-0.25, -0.2) is 0 Å². The lowest BCUT2D eigenvalue weighted by Gasteiger charge is -2.21. The van der Waals surface area contributed by atoms with Crippen molar-refractivity contribution in [2.75, 3.05) is 19.6 Å². The lowest BCUT2D eigenvalue weighted by Crippen LogP contribution is -2.44. The van der Waals surface area contributed by atoms with Crippen LogP contribution < -0.4 is 5.32 Å². The van der Waals surface area contributed by atoms with Gasteiger partial charge in [0.2, 0.25) is 5.91 Å². The first-order valence-electron chi connectivity index (χ1n) is 5.60. The SMILES string of the molecule is CCN(CC(=O)O)CC(=O)NC(C)C(C)C. The molecule has 0 aliphatic carbocycles. The van der Waals surface area contributed by atoms with Crippen LogP contribution in [0.25, 0.3) is 0 Å². The van der Waals surface area contributed by atoms with E-state index in [0.29, 0.717) is 12.5 Å². The fourth-order valence-corrected chi connectivity index (χ4v) is 1.14. The van der Waals surface area contributed by atoms with Crippen molar-refractivity contribution in [2.45, 2.75) is 33.7 Å². The van der Waals surface area contributed by atoms with Gasteiger partial charge in [0.15, 0.2) is 0 Å². The first-order valence-corrected chi connectivity index (χ1v) is 5.60. The minimum Gasteiger partial charge on any atom is -0.480 e. The molecule has 0 bridgehead atoms. The summed E-state index contributed by atoms with van der Waals surface area (Å²) in [6.07, 6.45) is 0. The van der Waals surface area contributed by atoms with Crippen LogP contribution in [0, 0.1) is 5.92 Å². The zero-order chi connectivity index (χ0) is 12.7. The second-order valence-electron chi connectivity index (χ2n) is 4.30. The average molecular weight is 230 g/mol. The zero-order valence-corrected chi connectivity index (χ0v) is 10.5. The zero-order valence-electron chi connectivity index (χ0n) is 10.5. The Labute approximate surface area is 96.8 Å². The van der Waals surface area contributed by atoms with Gasteiger partial charge in [-0.05, 0) is 19.4 Å². The molecule has 5 heteroatoms. The highest BCUT2D eigenvalue weighted by Gasteiger charge is 2.15. The molecule has 0 spiro atoms. The van der Waals surface area contributed by atoms with Crippen LogP contribution in [0.5, 0.6) is 0 Å². The van der Waals surface area contributed by atoms with Crippen LogP contribution in [-0.2, 0) is 9.59 Å². The third-order valence-corrected chi connectivity index (χ3v) is 2.56. The minimum atomic E-state index is -0.911. The Balaban J connectivity index is 4.05. The largest absolute Gasteiger partial charge is 0.480 e. The van der Waals surface area contributed by atoms with Gasteiger partial charge in [0.05, 0.1) is 13.1 Å². The van der Waals surface area contributed by atoms with Crippen molar-refractivity contribution in [2.24, 2.45) is 5.92 Å². The molecule has 5 nitrogen and oxygen atoms in total. The van der Waals surface area contributed by atoms with Crippen LogP contribution in [0.15, 0.2) is 0 Å². The van der Waals surface area contributed by atoms with E-state index in [9.17, 15) is 9.59 Å². The highest BCUT2D eigenvalue weighted by Crippen LogP contribution is 1.99. The third-order valence-electron chi connectivity index (χ3n) is 2.56. The van der Waals surface area contributed by atoms with Crippen molar-refractivity contribution in [1.82, 2.24) is 10.2 Å². The molecule has 1 atom stereocenters. The first-order chi connectivity index (χ1) is 7.36. The first kappa shape index (κ1) is 14.9. The van der Waals surface area contributed by atoms with Gasteiger partial charge in [0, 0.05) is 6.04 Å². The highest BCUT2D eigenvalue weighted by molar-refractivity contribution is 5.79. The molecule has 94 valence electrons. The van der Waals surface area contributed by atoms with Crippen molar-refractivity contribution in [3.05, 3.63) is 0 Å². The molecule has 0 radical (unpaired) electrons. The standard InChI is InChI=1S/C11H22N2O3/c1-5-13(7-11(15)16)6-10(14)12-9(4)8(2)3/h8-9H,5-7H2,1-4H3,(H,12,14)(H,15,16). The number of aliphatic carboxylic acids is 1. The van der Waals surface area contributed by atoms with E-state index in [1.807, 2.05) is 27.7 Å². The monoisotopic (exact) mass is 230 g/mol. The van der Waals surface area contributed by atoms with Crippen LogP contribution in [0.3, 0.4) is 0 Å². The van der Waals surface area contributed by atoms with E-state index in [-0.39, 0.29) is 25.0 Å². The summed E-state index contributed by atoms with van der Waals surface area (Å²) in [5, 5.41) is 11.5. The summed E-state index contributed by atoms with van der Waals surface area (Å²) in [6.45, 7) is 8.42. The normalized spacial score (nSPS) is 12.9. The third kappa shape index (κ3) is 6.40. The van der Waals surface area contributed by atoms with Crippen molar-refractivity contribution >= 4 is 11.9 Å². The second kappa shape index (κ2) is 7.22. The summed E-state index contributed by atoms with van der Waals surface area (Å²) < 4.78 is 0. The Morgan fingerprint density at radius 2 is 1.81 bits per heavy atom. The number of likely N-dealkylation sites (N-methyl/N-ethyl adjacent to an activating group) is 1. The number of hydrogen-bond acceptors (Lipinski definition) is 3. The Morgan fingerprint density at radius 3 is 2.19 bits per heavy atom. The van der Waals surface area contributed by atoms with Crippen LogP contribution in [0.1, 0.15) is 27.7 Å². The maximum Gasteiger partial charge on any atom is 0.317 e. The lowest BCUT2D eigenvalue weighted by atomic mass is 10.1. The van der Waals surface area contributed by atoms with Gasteiger partial charge in [-0.1, -0.05) is 20.8 Å². The number of carbonyl (C=O) groups excluding carboxylic acids is 1. The van der Waals surface area contributed by atoms with Gasteiger partial charge in [0.1, 0.15) is 0 Å². The fourth-order valence-electron chi connectivity index (χ4n) is 1.14. The Bertz CT molecular complexity index is 241. The molecule has 0 aromatic rings. The van der Waals surface area contributed by atoms with E-state index in [1.165, 1.54) is 0 Å². The van der Waals surface area contributed by atoms with E-state index in [2.05, 4.69) is 5.32 Å². The van der Waals surface area contributed by atoms with E-state index >= 15 is 0 Å². The molecule has 1 unspecified atom stereocenters. The lowest BCUT2D eigenvalue weighted by molar-refractivity contribution is -0.138. The van der Waals surface area contributed by atoms with Crippen LogP contribution in [0.2, 0.25) is 0 Å². The van der Waals surface area contributed by atoms with E-state index < -0.39 is 5.97 Å². The summed E-state index contributed by atoms with van der Waals surface area (Å²) in [5.74, 6) is -0.658. The number of nitrogens with one attached hydrogen (secondary N) is 1. The summed E-state index contributed by atoms with van der Waals surface area (Å²) >= 11 is 0. The molecule has 0 heterocycles. The maximum absolute atomic E-state index is 11.6. The summed E-state index contributed by atoms with van der Waals surface area (Å²) in [7, 11) is 0. The van der Waals surface area contributed by atoms with Crippen molar-refractivity contribution in [3.8, 4) is 0 Å². The van der Waals surface area contributed by atoms with E-state index in [4.69, 9.17) is 5.11 Å². The van der Waals surface area contributed by atoms with Gasteiger partial charge in [0.25, 0.3) is 0 Å². The molecule has 0 aliphatic heterocycles. The Hall–Kier alpha value is -1.10. The van der Waals surface area contributed by atoms with Crippen molar-refractivity contribution in [1.29, 1.82) is 0 Å². The number of carboxylic acid groups (broad SMARTS) is 1. The predicted octanol–water partition coefficient (Wildman–Crippen LogP) is 0.554. The number of carboxylic acids is 1. The van der Waals surface area contributed by atoms with Gasteiger partial charge in [-0.2, -0.15) is 0 Å². The smallest absolute Gasteiger partial charge is 0.317 e. The molecule has 16 heavy (non-hydrogen) atoms. The number of amides is 1. The van der Waals surface area contributed by atoms with Gasteiger partial charge in [-0.3, -0.25) is 14.5 Å². The molecule has 0 saturated heterocycles. The summed E-state index contributed by atoms with van der Waals surface area (Å²) in [5.41, 5.74) is 0. The molecular formula is C11H22N2O3. The molecule has 2 N–H and O–H groups in total. The van der Waals surface area contributed by atoms with E-state index in [0.717, 1.165) is 0 Å². The predicted molar refractivity (Wildman–Crippen MR) is 62.2 cm³/mol. The molecule has 0 rings (SSSR count). The maximum atomic E-state index is 11.6. The Morgan fingerprint density at radius 1 is 1.25 bits per heavy atom. The topological polar surface area (TPSA) is 69.6 Å². The molecule has 0 aromatic heterocycles. The molecule has 1 amide bonds. The average Bonchev–Trinajstić information content (AvgIpc) is 2.15. The molecule has 0 saturated carbocycles. The van der Waals surface area contributed by atoms with E-state index in [1.54, 1.807) is 4.90 Å². The van der Waals surface area contributed by atoms with Gasteiger partial charge >= 0.3 is 5.97 Å². The minimum absolute atomic E-state index is 0.0972. The van der Waals surface area contributed by atoms with Gasteiger partial charge in [-0.15, -0.1) is 0 Å². The molecule has 0 aliphatic rings. The van der Waals surface area contributed by atoms with Crippen LogP contribution >= 0.6 is 0 Å². The number of hydrogen-bond donors (Lipinski definition) is 2. The number of nitrogens with zero attached hydrogens (tertiary/aromatic N) is 1. The fraction of sp³-hybridized carbons (Fsp3) is 0.818.